The van der Waals surface area contributed by atoms with Crippen LogP contribution in [0.25, 0.3) is 0 Å². The van der Waals surface area contributed by atoms with Crippen LogP contribution in [0.1, 0.15) is 12.8 Å². The summed E-state index contributed by atoms with van der Waals surface area (Å²) in [4.78, 5) is 24.8. The molecule has 0 aromatic heterocycles. The maximum Gasteiger partial charge on any atom is 0.243 e. The smallest absolute Gasteiger partial charge is 0.243 e. The van der Waals surface area contributed by atoms with Gasteiger partial charge in [-0.1, -0.05) is 6.07 Å². The van der Waals surface area contributed by atoms with Gasteiger partial charge in [0.15, 0.2) is 0 Å². The Morgan fingerprint density at radius 3 is 3.05 bits per heavy atom. The van der Waals surface area contributed by atoms with E-state index in [0.29, 0.717) is 25.1 Å². The van der Waals surface area contributed by atoms with Gasteiger partial charge in [0.25, 0.3) is 0 Å². The summed E-state index contributed by atoms with van der Waals surface area (Å²) in [6.45, 7) is 0.332. The molecule has 0 spiro atoms. The van der Waals surface area contributed by atoms with E-state index in [0.717, 1.165) is 0 Å². The highest BCUT2D eigenvalue weighted by molar-refractivity contribution is 5.94. The van der Waals surface area contributed by atoms with E-state index in [1.54, 1.807) is 6.07 Å². The number of piperidine rings is 1. The summed E-state index contributed by atoms with van der Waals surface area (Å²) < 4.78 is 13.0. The Kier molecular flexibility index (Phi) is 4.11. The average molecular weight is 265 g/mol. The van der Waals surface area contributed by atoms with Crippen LogP contribution in [-0.2, 0) is 9.59 Å². The summed E-state index contributed by atoms with van der Waals surface area (Å²) in [5.41, 5.74) is 6.13. The fraction of sp³-hybridized carbons (Fsp3) is 0.385. The summed E-state index contributed by atoms with van der Waals surface area (Å²) in [6, 6.07) is 5.53. The van der Waals surface area contributed by atoms with Crippen LogP contribution in [0.4, 0.5) is 10.1 Å². The molecule has 0 bridgehead atoms. The van der Waals surface area contributed by atoms with E-state index in [1.807, 2.05) is 0 Å². The highest BCUT2D eigenvalue weighted by Crippen LogP contribution is 2.11. The first-order chi connectivity index (χ1) is 9.04. The number of hydrogen-bond donors (Lipinski definition) is 2. The number of hydrogen-bond acceptors (Lipinski definition) is 3. The third-order valence-electron chi connectivity index (χ3n) is 2.98. The molecule has 2 amide bonds. The molecule has 3 N–H and O–H groups in total. The van der Waals surface area contributed by atoms with Crippen LogP contribution in [-0.4, -0.2) is 35.8 Å². The van der Waals surface area contributed by atoms with Crippen molar-refractivity contribution in [2.45, 2.75) is 18.9 Å². The normalized spacial score (nSPS) is 19.4. The number of likely N-dealkylation sites (tertiary alicyclic amines) is 1. The second-order valence-corrected chi connectivity index (χ2v) is 4.63. The van der Waals surface area contributed by atoms with Gasteiger partial charge in [-0.25, -0.2) is 4.39 Å². The molecular weight excluding hydrogens is 249 g/mol. The monoisotopic (exact) mass is 265 g/mol. The van der Waals surface area contributed by atoms with Gasteiger partial charge < -0.3 is 16.0 Å². The number of nitrogens with two attached hydrogens (primary N) is 1. The van der Waals surface area contributed by atoms with Gasteiger partial charge in [0.1, 0.15) is 5.82 Å². The molecule has 1 aromatic carbocycles. The van der Waals surface area contributed by atoms with Crippen molar-refractivity contribution in [1.82, 2.24) is 4.90 Å². The number of nitrogens with zero attached hydrogens (tertiary/aromatic N) is 1. The van der Waals surface area contributed by atoms with E-state index in [-0.39, 0.29) is 24.4 Å². The standard InChI is InChI=1S/C13H16FN3O2/c14-9-2-1-3-11(6-9)16-12(18)8-17-7-10(15)4-5-13(17)19/h1-3,6,10H,4-5,7-8,15H2,(H,16,18). The van der Waals surface area contributed by atoms with Crippen LogP contribution in [0.3, 0.4) is 0 Å². The first kappa shape index (κ1) is 13.5. The lowest BCUT2D eigenvalue weighted by atomic mass is 10.1. The molecule has 1 aromatic rings. The minimum absolute atomic E-state index is 0.0525. The zero-order valence-electron chi connectivity index (χ0n) is 10.4. The van der Waals surface area contributed by atoms with Crippen LogP contribution in [0.2, 0.25) is 0 Å². The SMILES string of the molecule is NC1CCC(=O)N(CC(=O)Nc2cccc(F)c2)C1. The Bertz CT molecular complexity index is 493. The van der Waals surface area contributed by atoms with E-state index in [9.17, 15) is 14.0 Å². The topological polar surface area (TPSA) is 75.4 Å². The van der Waals surface area contributed by atoms with Gasteiger partial charge in [0, 0.05) is 24.7 Å². The molecule has 1 saturated heterocycles. The predicted octanol–water partition coefficient (Wildman–Crippen LogP) is 0.714. The third kappa shape index (κ3) is 3.75. The minimum Gasteiger partial charge on any atom is -0.332 e. The zero-order chi connectivity index (χ0) is 13.8. The van der Waals surface area contributed by atoms with Crippen molar-refractivity contribution in [3.63, 3.8) is 0 Å². The summed E-state index contributed by atoms with van der Waals surface area (Å²) in [7, 11) is 0. The maximum absolute atomic E-state index is 13.0. The van der Waals surface area contributed by atoms with Crippen molar-refractivity contribution in [3.8, 4) is 0 Å². The second kappa shape index (κ2) is 5.79. The average Bonchev–Trinajstić information content (AvgIpc) is 2.34. The minimum atomic E-state index is -0.422. The highest BCUT2D eigenvalue weighted by Gasteiger charge is 2.24. The van der Waals surface area contributed by atoms with E-state index in [4.69, 9.17) is 5.73 Å². The molecule has 102 valence electrons. The molecule has 1 aliphatic heterocycles. The molecule has 0 aliphatic carbocycles. The lowest BCUT2D eigenvalue weighted by Gasteiger charge is -2.30. The second-order valence-electron chi connectivity index (χ2n) is 4.63. The lowest BCUT2D eigenvalue weighted by Crippen LogP contribution is -2.48. The Hall–Kier alpha value is -1.95. The van der Waals surface area contributed by atoms with Gasteiger partial charge in [-0.15, -0.1) is 0 Å². The van der Waals surface area contributed by atoms with E-state index < -0.39 is 5.82 Å². The molecule has 1 aliphatic rings. The zero-order valence-corrected chi connectivity index (χ0v) is 10.4. The van der Waals surface area contributed by atoms with Gasteiger partial charge in [-0.2, -0.15) is 0 Å². The number of rotatable bonds is 3. The molecule has 6 heteroatoms. The van der Waals surface area contributed by atoms with Gasteiger partial charge >= 0.3 is 0 Å². The quantitative estimate of drug-likeness (QED) is 0.845. The van der Waals surface area contributed by atoms with Crippen LogP contribution in [0, 0.1) is 5.82 Å². The van der Waals surface area contributed by atoms with Gasteiger partial charge in [-0.05, 0) is 24.6 Å². The number of carbonyl (C=O) groups is 2. The Morgan fingerprint density at radius 1 is 1.53 bits per heavy atom. The van der Waals surface area contributed by atoms with Gasteiger partial charge in [0.2, 0.25) is 11.8 Å². The van der Waals surface area contributed by atoms with E-state index >= 15 is 0 Å². The van der Waals surface area contributed by atoms with Crippen molar-refractivity contribution < 1.29 is 14.0 Å². The van der Waals surface area contributed by atoms with Crippen molar-refractivity contribution in [2.24, 2.45) is 5.73 Å². The molecule has 0 saturated carbocycles. The molecule has 1 heterocycles. The van der Waals surface area contributed by atoms with Gasteiger partial charge in [-0.3, -0.25) is 9.59 Å². The number of benzene rings is 1. The highest BCUT2D eigenvalue weighted by atomic mass is 19.1. The molecule has 0 radical (unpaired) electrons. The molecular formula is C13H16FN3O2. The summed E-state index contributed by atoms with van der Waals surface area (Å²) in [6.07, 6.45) is 1.02. The molecule has 5 nitrogen and oxygen atoms in total. The van der Waals surface area contributed by atoms with Crippen LogP contribution in [0.5, 0.6) is 0 Å². The fourth-order valence-corrected chi connectivity index (χ4v) is 2.04. The third-order valence-corrected chi connectivity index (χ3v) is 2.98. The van der Waals surface area contributed by atoms with Crippen molar-refractivity contribution in [2.75, 3.05) is 18.4 Å². The van der Waals surface area contributed by atoms with Gasteiger partial charge in [0.05, 0.1) is 6.54 Å². The van der Waals surface area contributed by atoms with Crippen molar-refractivity contribution >= 4 is 17.5 Å². The Morgan fingerprint density at radius 2 is 2.32 bits per heavy atom. The largest absolute Gasteiger partial charge is 0.332 e. The number of halogens is 1. The molecule has 2 rings (SSSR count). The molecule has 19 heavy (non-hydrogen) atoms. The molecule has 1 atom stereocenters. The number of carbonyl (C=O) groups excluding carboxylic acids is 2. The predicted molar refractivity (Wildman–Crippen MR) is 68.8 cm³/mol. The fourth-order valence-electron chi connectivity index (χ4n) is 2.04. The molecule has 1 fully saturated rings. The van der Waals surface area contributed by atoms with Crippen molar-refractivity contribution in [3.05, 3.63) is 30.1 Å². The van der Waals surface area contributed by atoms with Crippen LogP contribution >= 0.6 is 0 Å². The number of amides is 2. The lowest BCUT2D eigenvalue weighted by molar-refractivity contribution is -0.137. The number of nitrogens with one attached hydrogen (secondary N) is 1. The maximum atomic E-state index is 13.0. The van der Waals surface area contributed by atoms with Crippen LogP contribution < -0.4 is 11.1 Å². The Labute approximate surface area is 110 Å². The van der Waals surface area contributed by atoms with Crippen LogP contribution in [0.15, 0.2) is 24.3 Å². The van der Waals surface area contributed by atoms with E-state index in [1.165, 1.54) is 23.1 Å². The Balaban J connectivity index is 1.92. The summed E-state index contributed by atoms with van der Waals surface area (Å²) in [5.74, 6) is -0.849. The summed E-state index contributed by atoms with van der Waals surface area (Å²) in [5, 5.41) is 2.55. The summed E-state index contributed by atoms with van der Waals surface area (Å²) >= 11 is 0. The number of anilines is 1. The van der Waals surface area contributed by atoms with E-state index in [2.05, 4.69) is 5.32 Å². The first-order valence-corrected chi connectivity index (χ1v) is 6.13. The first-order valence-electron chi connectivity index (χ1n) is 6.13. The van der Waals surface area contributed by atoms with Crippen molar-refractivity contribution in [1.29, 1.82) is 0 Å². The molecule has 1 unspecified atom stereocenters.